The predicted octanol–water partition coefficient (Wildman–Crippen LogP) is 2.72. The van der Waals surface area contributed by atoms with Crippen LogP contribution in [0.5, 0.6) is 0 Å². The van der Waals surface area contributed by atoms with Gasteiger partial charge in [-0.05, 0) is 37.1 Å². The van der Waals surface area contributed by atoms with Crippen molar-refractivity contribution in [1.29, 1.82) is 0 Å². The molecule has 2 amide bonds. The lowest BCUT2D eigenvalue weighted by molar-refractivity contribution is -0.126. The van der Waals surface area contributed by atoms with E-state index in [1.807, 2.05) is 41.0 Å². The summed E-state index contributed by atoms with van der Waals surface area (Å²) in [6.07, 6.45) is 5.53. The Balaban J connectivity index is 1.51. The van der Waals surface area contributed by atoms with E-state index in [0.29, 0.717) is 21.8 Å². The van der Waals surface area contributed by atoms with Crippen LogP contribution in [-0.4, -0.2) is 29.0 Å². The number of benzene rings is 2. The van der Waals surface area contributed by atoms with Crippen LogP contribution in [0.25, 0.3) is 21.8 Å². The highest BCUT2D eigenvalue weighted by molar-refractivity contribution is 5.95. The number of rotatable bonds is 5. The van der Waals surface area contributed by atoms with E-state index in [0.717, 1.165) is 25.7 Å². The minimum Gasteiger partial charge on any atom is -0.352 e. The van der Waals surface area contributed by atoms with Gasteiger partial charge in [-0.1, -0.05) is 43.5 Å². The van der Waals surface area contributed by atoms with E-state index in [9.17, 15) is 14.4 Å². The Hall–Kier alpha value is -3.15. The molecule has 29 heavy (non-hydrogen) atoms. The largest absolute Gasteiger partial charge is 0.352 e. The second-order valence-corrected chi connectivity index (χ2v) is 7.63. The van der Waals surface area contributed by atoms with Crippen molar-refractivity contribution in [2.75, 3.05) is 6.54 Å². The molecular weight excluding hydrogens is 366 g/mol. The lowest BCUT2D eigenvalue weighted by Gasteiger charge is -2.22. The summed E-state index contributed by atoms with van der Waals surface area (Å²) in [5, 5.41) is 6.87. The van der Waals surface area contributed by atoms with E-state index in [1.165, 1.54) is 6.42 Å². The first-order chi connectivity index (χ1) is 14.1. The molecule has 6 nitrogen and oxygen atoms in total. The minimum atomic E-state index is -0.261. The van der Waals surface area contributed by atoms with Gasteiger partial charge in [0.15, 0.2) is 5.43 Å². The van der Waals surface area contributed by atoms with Crippen LogP contribution in [0.3, 0.4) is 0 Å². The van der Waals surface area contributed by atoms with E-state index in [-0.39, 0.29) is 36.4 Å². The summed E-state index contributed by atoms with van der Waals surface area (Å²) >= 11 is 0. The molecule has 6 heteroatoms. The molecule has 0 unspecified atom stereocenters. The van der Waals surface area contributed by atoms with E-state index in [4.69, 9.17) is 0 Å². The maximum Gasteiger partial charge on any atom is 0.240 e. The van der Waals surface area contributed by atoms with Gasteiger partial charge in [0.1, 0.15) is 6.54 Å². The molecule has 4 rings (SSSR count). The number of fused-ring (bicyclic) bond motifs is 2. The molecule has 150 valence electrons. The third-order valence-electron chi connectivity index (χ3n) is 5.60. The number of para-hydroxylation sites is 2. The molecular formula is C23H25N3O3. The van der Waals surface area contributed by atoms with Gasteiger partial charge < -0.3 is 15.2 Å². The number of nitrogens with zero attached hydrogens (tertiary/aromatic N) is 1. The van der Waals surface area contributed by atoms with Gasteiger partial charge in [-0.3, -0.25) is 14.4 Å². The Morgan fingerprint density at radius 1 is 0.862 bits per heavy atom. The van der Waals surface area contributed by atoms with Crippen molar-refractivity contribution < 1.29 is 9.59 Å². The number of hydrogen-bond donors (Lipinski definition) is 2. The maximum atomic E-state index is 12.8. The third-order valence-corrected chi connectivity index (χ3v) is 5.60. The smallest absolute Gasteiger partial charge is 0.240 e. The van der Waals surface area contributed by atoms with E-state index < -0.39 is 0 Å². The van der Waals surface area contributed by atoms with Gasteiger partial charge in [0.25, 0.3) is 0 Å². The second kappa shape index (κ2) is 8.47. The van der Waals surface area contributed by atoms with Crippen molar-refractivity contribution in [2.24, 2.45) is 0 Å². The van der Waals surface area contributed by atoms with E-state index >= 15 is 0 Å². The highest BCUT2D eigenvalue weighted by Gasteiger charge is 2.17. The highest BCUT2D eigenvalue weighted by atomic mass is 16.2. The Labute approximate surface area is 168 Å². The Morgan fingerprint density at radius 3 is 2.07 bits per heavy atom. The first-order valence-electron chi connectivity index (χ1n) is 10.2. The van der Waals surface area contributed by atoms with Crippen LogP contribution in [0, 0.1) is 0 Å². The quantitative estimate of drug-likeness (QED) is 0.657. The SMILES string of the molecule is O=C(Cn1c2ccccc2c(=O)c2ccccc21)NCC(=O)NC1CCCCC1. The van der Waals surface area contributed by atoms with Crippen LogP contribution in [0.1, 0.15) is 32.1 Å². The third kappa shape index (κ3) is 4.16. The van der Waals surface area contributed by atoms with Gasteiger partial charge >= 0.3 is 0 Å². The van der Waals surface area contributed by atoms with Gasteiger partial charge in [0.2, 0.25) is 11.8 Å². The van der Waals surface area contributed by atoms with Crippen LogP contribution in [0.4, 0.5) is 0 Å². The summed E-state index contributed by atoms with van der Waals surface area (Å²) in [6.45, 7) is 0.00339. The van der Waals surface area contributed by atoms with Crippen LogP contribution >= 0.6 is 0 Å². The summed E-state index contributed by atoms with van der Waals surface area (Å²) in [5.41, 5.74) is 1.37. The van der Waals surface area contributed by atoms with Gasteiger partial charge in [-0.15, -0.1) is 0 Å². The highest BCUT2D eigenvalue weighted by Crippen LogP contribution is 2.19. The van der Waals surface area contributed by atoms with Gasteiger partial charge in [-0.25, -0.2) is 0 Å². The molecule has 0 saturated heterocycles. The molecule has 0 radical (unpaired) electrons. The first-order valence-corrected chi connectivity index (χ1v) is 10.2. The predicted molar refractivity (Wildman–Crippen MR) is 114 cm³/mol. The van der Waals surface area contributed by atoms with Crippen LogP contribution in [0.15, 0.2) is 53.3 Å². The fourth-order valence-electron chi connectivity index (χ4n) is 4.15. The molecule has 0 aliphatic heterocycles. The number of amides is 2. The molecule has 0 spiro atoms. The molecule has 1 aliphatic rings. The fourth-order valence-corrected chi connectivity index (χ4v) is 4.15. The number of carbonyl (C=O) groups is 2. The second-order valence-electron chi connectivity index (χ2n) is 7.63. The zero-order valence-corrected chi connectivity index (χ0v) is 16.3. The summed E-state index contributed by atoms with van der Waals surface area (Å²) < 4.78 is 1.83. The lowest BCUT2D eigenvalue weighted by Crippen LogP contribution is -2.43. The van der Waals surface area contributed by atoms with Gasteiger partial charge in [0, 0.05) is 16.8 Å². The first kappa shape index (κ1) is 19.2. The van der Waals surface area contributed by atoms with Gasteiger partial charge in [-0.2, -0.15) is 0 Å². The molecule has 1 heterocycles. The minimum absolute atomic E-state index is 0.0363. The van der Waals surface area contributed by atoms with Crippen molar-refractivity contribution in [1.82, 2.24) is 15.2 Å². The van der Waals surface area contributed by atoms with Crippen LogP contribution in [-0.2, 0) is 16.1 Å². The van der Waals surface area contributed by atoms with Gasteiger partial charge in [0.05, 0.1) is 17.6 Å². The maximum absolute atomic E-state index is 12.8. The summed E-state index contributed by atoms with van der Waals surface area (Å²) in [5.74, 6) is -0.414. The number of pyridine rings is 1. The van der Waals surface area contributed by atoms with E-state index in [2.05, 4.69) is 10.6 Å². The fraction of sp³-hybridized carbons (Fsp3) is 0.348. The lowest BCUT2D eigenvalue weighted by atomic mass is 9.95. The molecule has 2 N–H and O–H groups in total. The Morgan fingerprint density at radius 2 is 1.45 bits per heavy atom. The van der Waals surface area contributed by atoms with Crippen molar-refractivity contribution in [2.45, 2.75) is 44.7 Å². The molecule has 0 atom stereocenters. The molecule has 2 aromatic carbocycles. The Kier molecular flexibility index (Phi) is 5.60. The summed E-state index contributed by atoms with van der Waals surface area (Å²) in [4.78, 5) is 37.5. The number of aromatic nitrogens is 1. The van der Waals surface area contributed by atoms with Crippen molar-refractivity contribution in [3.05, 3.63) is 58.8 Å². The molecule has 1 fully saturated rings. The molecule has 1 saturated carbocycles. The van der Waals surface area contributed by atoms with E-state index in [1.54, 1.807) is 12.1 Å². The molecule has 1 aliphatic carbocycles. The molecule has 0 bridgehead atoms. The monoisotopic (exact) mass is 391 g/mol. The molecule has 1 aromatic heterocycles. The summed E-state index contributed by atoms with van der Waals surface area (Å²) in [7, 11) is 0. The zero-order valence-electron chi connectivity index (χ0n) is 16.3. The standard InChI is InChI=1S/C23H25N3O3/c27-21(25-16-8-2-1-3-9-16)14-24-22(28)15-26-19-12-6-4-10-17(19)23(29)18-11-5-7-13-20(18)26/h4-7,10-13,16H,1-3,8-9,14-15H2,(H,24,28)(H,25,27). The topological polar surface area (TPSA) is 80.2 Å². The zero-order chi connectivity index (χ0) is 20.2. The van der Waals surface area contributed by atoms with Crippen molar-refractivity contribution in [3.63, 3.8) is 0 Å². The normalized spacial score (nSPS) is 14.8. The average Bonchev–Trinajstić information content (AvgIpc) is 2.76. The van der Waals surface area contributed by atoms with Crippen molar-refractivity contribution in [3.8, 4) is 0 Å². The Bertz CT molecular complexity index is 1050. The van der Waals surface area contributed by atoms with Crippen molar-refractivity contribution >= 4 is 33.6 Å². The van der Waals surface area contributed by atoms with Crippen LogP contribution in [0.2, 0.25) is 0 Å². The summed E-state index contributed by atoms with van der Waals surface area (Å²) in [6, 6.07) is 14.8. The molecule has 3 aromatic rings. The number of nitrogens with one attached hydrogen (secondary N) is 2. The average molecular weight is 391 g/mol. The van der Waals surface area contributed by atoms with Crippen LogP contribution < -0.4 is 16.1 Å². The number of hydrogen-bond acceptors (Lipinski definition) is 3. The number of carbonyl (C=O) groups excluding carboxylic acids is 2.